The Hall–Kier alpha value is -1.60. The van der Waals surface area contributed by atoms with Gasteiger partial charge in [-0.15, -0.1) is 21.5 Å². The highest BCUT2D eigenvalue weighted by atomic mass is 32.2. The monoisotopic (exact) mass is 416 g/mol. The minimum absolute atomic E-state index is 0.0894. The minimum atomic E-state index is -0.170. The molecule has 0 spiro atoms. The predicted molar refractivity (Wildman–Crippen MR) is 115 cm³/mol. The number of carbonyl (C=O) groups is 1. The highest BCUT2D eigenvalue weighted by Gasteiger charge is 2.31. The van der Waals surface area contributed by atoms with Crippen LogP contribution in [0.2, 0.25) is 0 Å². The smallest absolute Gasteiger partial charge is 0.233 e. The van der Waals surface area contributed by atoms with Crippen molar-refractivity contribution in [3.8, 4) is 0 Å². The molecule has 0 aliphatic heterocycles. The molecule has 0 bridgehead atoms. The van der Waals surface area contributed by atoms with Crippen molar-refractivity contribution in [1.29, 1.82) is 0 Å². The number of allylic oxidation sites excluding steroid dienone is 1. The first-order valence-corrected chi connectivity index (χ1v) is 12.0. The summed E-state index contributed by atoms with van der Waals surface area (Å²) < 4.78 is 2.26. The van der Waals surface area contributed by atoms with Crippen molar-refractivity contribution in [3.05, 3.63) is 39.9 Å². The topological polar surface area (TPSA) is 59.8 Å². The summed E-state index contributed by atoms with van der Waals surface area (Å²) in [6.07, 6.45) is 11.5. The number of hydrogen-bond donors (Lipinski definition) is 1. The van der Waals surface area contributed by atoms with Gasteiger partial charge in [-0.1, -0.05) is 29.5 Å². The molecule has 1 amide bonds. The molecule has 2 aliphatic rings. The van der Waals surface area contributed by atoms with Crippen LogP contribution in [0.25, 0.3) is 0 Å². The average molecular weight is 417 g/mol. The molecule has 0 aromatic carbocycles. The molecule has 1 saturated carbocycles. The van der Waals surface area contributed by atoms with E-state index in [0.29, 0.717) is 6.04 Å². The van der Waals surface area contributed by atoms with E-state index in [2.05, 4.69) is 43.7 Å². The van der Waals surface area contributed by atoms with Gasteiger partial charge in [0.1, 0.15) is 5.82 Å². The Morgan fingerprint density at radius 1 is 1.39 bits per heavy atom. The highest BCUT2D eigenvalue weighted by molar-refractivity contribution is 8.00. The van der Waals surface area contributed by atoms with Crippen LogP contribution in [-0.4, -0.2) is 32.5 Å². The molecule has 5 nitrogen and oxygen atoms in total. The summed E-state index contributed by atoms with van der Waals surface area (Å²) in [6.45, 7) is 2.69. The number of nitrogens with one attached hydrogen (secondary N) is 1. The van der Waals surface area contributed by atoms with Crippen LogP contribution >= 0.6 is 23.1 Å². The lowest BCUT2D eigenvalue weighted by Gasteiger charge is -2.15. The number of amides is 1. The van der Waals surface area contributed by atoms with Gasteiger partial charge in [0.2, 0.25) is 5.91 Å². The van der Waals surface area contributed by atoms with E-state index in [1.807, 2.05) is 6.92 Å². The third-order valence-corrected chi connectivity index (χ3v) is 7.27. The fourth-order valence-electron chi connectivity index (χ4n) is 3.61. The summed E-state index contributed by atoms with van der Waals surface area (Å²) in [5.74, 6) is 1.11. The summed E-state index contributed by atoms with van der Waals surface area (Å²) in [5, 5.41) is 14.8. The fraction of sp³-hybridized carbons (Fsp3) is 0.571. The summed E-state index contributed by atoms with van der Waals surface area (Å²) >= 11 is 3.28. The number of rotatable bonds is 9. The normalized spacial score (nSPS) is 18.0. The van der Waals surface area contributed by atoms with E-state index >= 15 is 0 Å². The minimum Gasteiger partial charge on any atom is -0.355 e. The van der Waals surface area contributed by atoms with Crippen molar-refractivity contribution in [3.63, 3.8) is 0 Å². The van der Waals surface area contributed by atoms with Crippen molar-refractivity contribution in [1.82, 2.24) is 20.1 Å². The molecule has 2 aromatic rings. The lowest BCUT2D eigenvalue weighted by Crippen LogP contribution is -2.32. The zero-order valence-electron chi connectivity index (χ0n) is 16.4. The van der Waals surface area contributed by atoms with Crippen LogP contribution in [0.1, 0.15) is 68.6 Å². The van der Waals surface area contributed by atoms with Crippen LogP contribution in [0.5, 0.6) is 0 Å². The van der Waals surface area contributed by atoms with E-state index in [-0.39, 0.29) is 11.2 Å². The summed E-state index contributed by atoms with van der Waals surface area (Å²) in [7, 11) is 0. The highest BCUT2D eigenvalue weighted by Crippen LogP contribution is 2.40. The van der Waals surface area contributed by atoms with Gasteiger partial charge in [-0.3, -0.25) is 4.79 Å². The molecular weight excluding hydrogens is 388 g/mol. The summed E-state index contributed by atoms with van der Waals surface area (Å²) in [4.78, 5) is 13.8. The van der Waals surface area contributed by atoms with E-state index in [1.165, 1.54) is 60.7 Å². The summed E-state index contributed by atoms with van der Waals surface area (Å²) in [5.41, 5.74) is 1.50. The second-order valence-electron chi connectivity index (χ2n) is 7.67. The van der Waals surface area contributed by atoms with Gasteiger partial charge in [0.25, 0.3) is 0 Å². The maximum absolute atomic E-state index is 12.5. The second-order valence-corrected chi connectivity index (χ2v) is 10.0. The van der Waals surface area contributed by atoms with Crippen LogP contribution in [0.15, 0.2) is 34.3 Å². The predicted octanol–water partition coefficient (Wildman–Crippen LogP) is 4.75. The van der Waals surface area contributed by atoms with E-state index in [9.17, 15) is 4.79 Å². The first kappa shape index (κ1) is 19.7. The molecule has 1 fully saturated rings. The lowest BCUT2D eigenvalue weighted by molar-refractivity contribution is -0.120. The number of nitrogens with zero attached hydrogens (tertiary/aromatic N) is 3. The Bertz CT molecular complexity index is 824. The van der Waals surface area contributed by atoms with Crippen LogP contribution in [-0.2, 0) is 11.2 Å². The fourth-order valence-corrected chi connectivity index (χ4v) is 5.27. The zero-order valence-corrected chi connectivity index (χ0v) is 18.0. The zero-order chi connectivity index (χ0) is 19.3. The van der Waals surface area contributed by atoms with Crippen molar-refractivity contribution in [2.45, 2.75) is 74.7 Å². The summed E-state index contributed by atoms with van der Waals surface area (Å²) in [6, 6.07) is 4.71. The number of thiophene rings is 1. The van der Waals surface area contributed by atoms with Gasteiger partial charge < -0.3 is 9.88 Å². The van der Waals surface area contributed by atoms with Gasteiger partial charge in [0.15, 0.2) is 5.16 Å². The molecule has 0 saturated heterocycles. The van der Waals surface area contributed by atoms with Crippen LogP contribution in [0, 0.1) is 0 Å². The third kappa shape index (κ3) is 5.06. The molecule has 2 aliphatic carbocycles. The molecule has 1 N–H and O–H groups in total. The molecule has 4 rings (SSSR count). The maximum atomic E-state index is 12.5. The van der Waals surface area contributed by atoms with Gasteiger partial charge >= 0.3 is 0 Å². The van der Waals surface area contributed by atoms with Gasteiger partial charge in [-0.25, -0.2) is 0 Å². The average Bonchev–Trinajstić information content (AvgIpc) is 3.26. The molecular formula is C21H28N4OS2. The van der Waals surface area contributed by atoms with E-state index in [1.54, 1.807) is 11.3 Å². The van der Waals surface area contributed by atoms with Gasteiger partial charge in [-0.2, -0.15) is 0 Å². The van der Waals surface area contributed by atoms with E-state index in [0.717, 1.165) is 30.4 Å². The Labute approximate surface area is 175 Å². The number of aromatic nitrogens is 3. The van der Waals surface area contributed by atoms with Crippen LogP contribution in [0.4, 0.5) is 0 Å². The number of carbonyl (C=O) groups excluding carboxylic acids is 1. The van der Waals surface area contributed by atoms with E-state index in [4.69, 9.17) is 0 Å². The Kier molecular flexibility index (Phi) is 6.52. The molecule has 2 aromatic heterocycles. The maximum Gasteiger partial charge on any atom is 0.233 e. The first-order chi connectivity index (χ1) is 13.7. The Morgan fingerprint density at radius 2 is 2.29 bits per heavy atom. The van der Waals surface area contributed by atoms with Gasteiger partial charge in [0, 0.05) is 23.9 Å². The molecule has 7 heteroatoms. The van der Waals surface area contributed by atoms with E-state index < -0.39 is 0 Å². The SMILES string of the molecule is C[C@@H](Sc1nnc(Cc2cccs2)n1C1CC1)C(=O)NCCC1=CCCCC1. The Morgan fingerprint density at radius 3 is 3.00 bits per heavy atom. The Balaban J connectivity index is 1.33. The molecule has 0 radical (unpaired) electrons. The quantitative estimate of drug-likeness (QED) is 0.473. The van der Waals surface area contributed by atoms with Gasteiger partial charge in [0.05, 0.1) is 5.25 Å². The largest absolute Gasteiger partial charge is 0.355 e. The molecule has 2 heterocycles. The number of hydrogen-bond acceptors (Lipinski definition) is 5. The van der Waals surface area contributed by atoms with Crippen molar-refractivity contribution < 1.29 is 4.79 Å². The van der Waals surface area contributed by atoms with Gasteiger partial charge in [-0.05, 0) is 63.3 Å². The van der Waals surface area contributed by atoms with Crippen LogP contribution < -0.4 is 5.32 Å². The standard InChI is InChI=1S/C21H28N4OS2/c1-15(20(26)22-12-11-16-6-3-2-4-7-16)28-21-24-23-19(25(21)17-9-10-17)14-18-8-5-13-27-18/h5-6,8,13,15,17H,2-4,7,9-12,14H2,1H3,(H,22,26)/t15-/m1/s1. The lowest BCUT2D eigenvalue weighted by atomic mass is 9.97. The second kappa shape index (κ2) is 9.27. The third-order valence-electron chi connectivity index (χ3n) is 5.34. The molecule has 150 valence electrons. The molecule has 28 heavy (non-hydrogen) atoms. The molecule has 0 unspecified atom stereocenters. The van der Waals surface area contributed by atoms with Crippen LogP contribution in [0.3, 0.4) is 0 Å². The first-order valence-electron chi connectivity index (χ1n) is 10.3. The van der Waals surface area contributed by atoms with Crippen molar-refractivity contribution in [2.75, 3.05) is 6.54 Å². The molecule has 1 atom stereocenters. The van der Waals surface area contributed by atoms with Crippen molar-refractivity contribution >= 4 is 29.0 Å². The van der Waals surface area contributed by atoms with Crippen molar-refractivity contribution in [2.24, 2.45) is 0 Å². The number of thioether (sulfide) groups is 1.